The first-order chi connectivity index (χ1) is 26.4. The standard InChI is InChI=1S/C52H37NS/c1-32-27-36(23-25-37(32)35-21-24-42-40-17-8-7-15-38(40)39-16-9-10-18-41(39)44(42)28-35)53-48-26-22-34(33-13-5-4-6-14-33)29-50(48)54-51-30-45-43-19-11-12-20-46(43)52(2,3)47(45)31-49(51)53/h4-31H,1-3H3. The third kappa shape index (κ3) is 4.60. The van der Waals surface area contributed by atoms with E-state index >= 15 is 0 Å². The minimum atomic E-state index is -0.0832. The van der Waals surface area contributed by atoms with E-state index in [1.54, 1.807) is 0 Å². The highest BCUT2D eigenvalue weighted by Gasteiger charge is 2.38. The molecule has 0 saturated heterocycles. The van der Waals surface area contributed by atoms with Crippen LogP contribution in [0.5, 0.6) is 0 Å². The van der Waals surface area contributed by atoms with Crippen molar-refractivity contribution in [1.82, 2.24) is 0 Å². The molecule has 9 aromatic rings. The number of fused-ring (bicyclic) bond motifs is 11. The van der Waals surface area contributed by atoms with E-state index in [0.717, 1.165) is 0 Å². The highest BCUT2D eigenvalue weighted by atomic mass is 32.2. The van der Waals surface area contributed by atoms with E-state index in [-0.39, 0.29) is 5.41 Å². The Morgan fingerprint density at radius 3 is 1.78 bits per heavy atom. The van der Waals surface area contributed by atoms with Crippen molar-refractivity contribution >= 4 is 61.1 Å². The molecule has 2 heteroatoms. The van der Waals surface area contributed by atoms with E-state index in [0.29, 0.717) is 0 Å². The summed E-state index contributed by atoms with van der Waals surface area (Å²) in [6.07, 6.45) is 0. The molecular weight excluding hydrogens is 671 g/mol. The molecule has 0 radical (unpaired) electrons. The van der Waals surface area contributed by atoms with Gasteiger partial charge in [0.2, 0.25) is 0 Å². The highest BCUT2D eigenvalue weighted by Crippen LogP contribution is 2.58. The summed E-state index contributed by atoms with van der Waals surface area (Å²) in [5.74, 6) is 0. The Morgan fingerprint density at radius 1 is 0.407 bits per heavy atom. The van der Waals surface area contributed by atoms with E-state index in [4.69, 9.17) is 0 Å². The average molecular weight is 708 g/mol. The summed E-state index contributed by atoms with van der Waals surface area (Å²) in [4.78, 5) is 5.06. The van der Waals surface area contributed by atoms with Gasteiger partial charge in [-0.15, -0.1) is 0 Å². The molecule has 1 aliphatic heterocycles. The fourth-order valence-electron chi connectivity index (χ4n) is 9.28. The second-order valence-corrected chi connectivity index (χ2v) is 16.5. The maximum atomic E-state index is 2.51. The van der Waals surface area contributed by atoms with Gasteiger partial charge in [0.05, 0.1) is 11.4 Å². The first-order valence-electron chi connectivity index (χ1n) is 18.8. The Morgan fingerprint density at radius 2 is 1.04 bits per heavy atom. The molecule has 0 unspecified atom stereocenters. The predicted octanol–water partition coefficient (Wildman–Crippen LogP) is 15.0. The highest BCUT2D eigenvalue weighted by molar-refractivity contribution is 7.99. The molecule has 0 amide bonds. The van der Waals surface area contributed by atoms with Crippen molar-refractivity contribution < 1.29 is 0 Å². The molecule has 54 heavy (non-hydrogen) atoms. The zero-order chi connectivity index (χ0) is 36.1. The first-order valence-corrected chi connectivity index (χ1v) is 19.7. The second-order valence-electron chi connectivity index (χ2n) is 15.4. The molecule has 0 spiro atoms. The van der Waals surface area contributed by atoms with E-state index in [1.807, 2.05) is 11.8 Å². The Balaban J connectivity index is 1.08. The molecule has 256 valence electrons. The molecule has 0 aromatic heterocycles. The smallest absolute Gasteiger partial charge is 0.0605 e. The first kappa shape index (κ1) is 31.4. The maximum absolute atomic E-state index is 2.51. The van der Waals surface area contributed by atoms with Gasteiger partial charge in [0, 0.05) is 20.9 Å². The summed E-state index contributed by atoms with van der Waals surface area (Å²) in [7, 11) is 0. The number of nitrogens with zero attached hydrogens (tertiary/aromatic N) is 1. The third-order valence-electron chi connectivity index (χ3n) is 12.0. The maximum Gasteiger partial charge on any atom is 0.0605 e. The van der Waals surface area contributed by atoms with E-state index in [2.05, 4.69) is 196 Å². The van der Waals surface area contributed by atoms with Crippen LogP contribution in [0.4, 0.5) is 17.1 Å². The third-order valence-corrected chi connectivity index (χ3v) is 13.0. The number of hydrogen-bond acceptors (Lipinski definition) is 2. The summed E-state index contributed by atoms with van der Waals surface area (Å²) in [5.41, 5.74) is 15.3. The molecule has 0 N–H and O–H groups in total. The molecule has 0 saturated carbocycles. The fraction of sp³-hybridized carbons (Fsp3) is 0.0769. The van der Waals surface area contributed by atoms with E-state index in [9.17, 15) is 0 Å². The lowest BCUT2D eigenvalue weighted by atomic mass is 9.82. The predicted molar refractivity (Wildman–Crippen MR) is 231 cm³/mol. The van der Waals surface area contributed by atoms with E-state index < -0.39 is 0 Å². The quantitative estimate of drug-likeness (QED) is 0.168. The largest absolute Gasteiger partial charge is 0.308 e. The summed E-state index contributed by atoms with van der Waals surface area (Å²) in [5, 5.41) is 7.81. The molecule has 1 heterocycles. The van der Waals surface area contributed by atoms with Gasteiger partial charge >= 0.3 is 0 Å². The van der Waals surface area contributed by atoms with Gasteiger partial charge in [-0.05, 0) is 132 Å². The number of hydrogen-bond donors (Lipinski definition) is 0. The normalized spacial score (nSPS) is 13.9. The van der Waals surface area contributed by atoms with Crippen molar-refractivity contribution in [3.63, 3.8) is 0 Å². The fourth-order valence-corrected chi connectivity index (χ4v) is 10.4. The molecule has 0 fully saturated rings. The molecule has 1 nitrogen and oxygen atoms in total. The Kier molecular flexibility index (Phi) is 6.81. The van der Waals surface area contributed by atoms with Crippen LogP contribution in [-0.4, -0.2) is 0 Å². The lowest BCUT2D eigenvalue weighted by Crippen LogP contribution is -2.18. The van der Waals surface area contributed by atoms with Crippen LogP contribution in [0.2, 0.25) is 0 Å². The Hall–Kier alpha value is -6.09. The second kappa shape index (κ2) is 11.7. The van der Waals surface area contributed by atoms with Crippen molar-refractivity contribution in [3.05, 3.63) is 187 Å². The van der Waals surface area contributed by atoms with Crippen LogP contribution < -0.4 is 4.90 Å². The molecule has 0 bridgehead atoms. The van der Waals surface area contributed by atoms with Crippen molar-refractivity contribution in [1.29, 1.82) is 0 Å². The zero-order valence-corrected chi connectivity index (χ0v) is 31.3. The molecular formula is C52H37NS. The SMILES string of the molecule is Cc1cc(N2c3ccc(-c4ccccc4)cc3Sc3cc4c(cc32)C(C)(C)c2ccccc2-4)ccc1-c1ccc2c3ccccc3c3ccccc3c2c1. The van der Waals surface area contributed by atoms with Crippen LogP contribution in [0.15, 0.2) is 180 Å². The topological polar surface area (TPSA) is 3.24 Å². The number of aryl methyl sites for hydroxylation is 1. The summed E-state index contributed by atoms with van der Waals surface area (Å²) < 4.78 is 0. The lowest BCUT2D eigenvalue weighted by Gasteiger charge is -2.35. The minimum absolute atomic E-state index is 0.0832. The summed E-state index contributed by atoms with van der Waals surface area (Å²) in [6.45, 7) is 7.01. The van der Waals surface area contributed by atoms with Gasteiger partial charge in [-0.2, -0.15) is 0 Å². The monoisotopic (exact) mass is 707 g/mol. The van der Waals surface area contributed by atoms with Crippen LogP contribution >= 0.6 is 11.8 Å². The molecule has 2 aliphatic rings. The molecule has 1 aliphatic carbocycles. The van der Waals surface area contributed by atoms with Gasteiger partial charge in [0.1, 0.15) is 0 Å². The van der Waals surface area contributed by atoms with Crippen molar-refractivity contribution in [2.75, 3.05) is 4.90 Å². The lowest BCUT2D eigenvalue weighted by molar-refractivity contribution is 0.660. The Bertz CT molecular complexity index is 2970. The van der Waals surface area contributed by atoms with Crippen LogP contribution in [0.1, 0.15) is 30.5 Å². The zero-order valence-electron chi connectivity index (χ0n) is 30.5. The van der Waals surface area contributed by atoms with Crippen LogP contribution in [0.25, 0.3) is 65.7 Å². The Labute approximate surface area is 320 Å². The number of rotatable bonds is 3. The van der Waals surface area contributed by atoms with Crippen molar-refractivity contribution in [2.45, 2.75) is 36.0 Å². The van der Waals surface area contributed by atoms with Crippen LogP contribution in [-0.2, 0) is 5.41 Å². The average Bonchev–Trinajstić information content (AvgIpc) is 3.44. The minimum Gasteiger partial charge on any atom is -0.308 e. The molecule has 11 rings (SSSR count). The summed E-state index contributed by atoms with van der Waals surface area (Å²) in [6, 6.07) is 63.3. The molecule has 0 atom stereocenters. The van der Waals surface area contributed by atoms with Crippen molar-refractivity contribution in [2.24, 2.45) is 0 Å². The number of benzene rings is 9. The van der Waals surface area contributed by atoms with Gasteiger partial charge in [-0.3, -0.25) is 0 Å². The van der Waals surface area contributed by atoms with Gasteiger partial charge < -0.3 is 4.90 Å². The van der Waals surface area contributed by atoms with Crippen molar-refractivity contribution in [3.8, 4) is 33.4 Å². The van der Waals surface area contributed by atoms with Gasteiger partial charge in [0.15, 0.2) is 0 Å². The van der Waals surface area contributed by atoms with E-state index in [1.165, 1.54) is 109 Å². The number of anilines is 3. The van der Waals surface area contributed by atoms with Gasteiger partial charge in [-0.25, -0.2) is 0 Å². The van der Waals surface area contributed by atoms with Crippen LogP contribution in [0, 0.1) is 6.92 Å². The summed E-state index contributed by atoms with van der Waals surface area (Å²) >= 11 is 1.90. The molecule has 9 aromatic carbocycles. The van der Waals surface area contributed by atoms with Gasteiger partial charge in [-0.1, -0.05) is 153 Å². The van der Waals surface area contributed by atoms with Crippen LogP contribution in [0.3, 0.4) is 0 Å². The van der Waals surface area contributed by atoms with Gasteiger partial charge in [0.25, 0.3) is 0 Å².